The predicted molar refractivity (Wildman–Crippen MR) is 51.7 cm³/mol. The second-order valence-electron chi connectivity index (χ2n) is 3.15. The molecule has 0 N–H and O–H groups in total. The molecule has 14 heavy (non-hydrogen) atoms. The van der Waals surface area contributed by atoms with E-state index in [1.807, 2.05) is 35.9 Å². The number of hydrogen-bond donors (Lipinski definition) is 0. The Bertz CT molecular complexity index is 473. The quantitative estimate of drug-likeness (QED) is 0.722. The molecule has 70 valence electrons. The summed E-state index contributed by atoms with van der Waals surface area (Å²) in [4.78, 5) is 0. The molecule has 0 aliphatic carbocycles. The Kier molecular flexibility index (Phi) is 2.11. The summed E-state index contributed by atoms with van der Waals surface area (Å²) in [5.74, 6) is 1.76. The van der Waals surface area contributed by atoms with E-state index in [-0.39, 0.29) is 0 Å². The van der Waals surface area contributed by atoms with Crippen molar-refractivity contribution in [1.29, 1.82) is 5.26 Å². The summed E-state index contributed by atoms with van der Waals surface area (Å²) in [6.45, 7) is 2.52. The van der Waals surface area contributed by atoms with Crippen molar-refractivity contribution in [3.05, 3.63) is 47.7 Å². The minimum Gasteiger partial charge on any atom is -0.464 e. The van der Waals surface area contributed by atoms with Gasteiger partial charge in [0, 0.05) is 6.20 Å². The number of hydrogen-bond acceptors (Lipinski definition) is 2. The number of nitriles is 1. The van der Waals surface area contributed by atoms with E-state index in [1.54, 1.807) is 6.07 Å². The highest BCUT2D eigenvalue weighted by Gasteiger charge is 2.03. The number of aromatic nitrogens is 1. The van der Waals surface area contributed by atoms with Crippen molar-refractivity contribution >= 4 is 0 Å². The molecular formula is C11H10N2O. The van der Waals surface area contributed by atoms with E-state index in [0.29, 0.717) is 12.2 Å². The van der Waals surface area contributed by atoms with Crippen molar-refractivity contribution in [2.45, 2.75) is 13.5 Å². The topological polar surface area (TPSA) is 41.9 Å². The summed E-state index contributed by atoms with van der Waals surface area (Å²) in [5.41, 5.74) is 0.652. The van der Waals surface area contributed by atoms with Gasteiger partial charge in [0.25, 0.3) is 0 Å². The Labute approximate surface area is 82.2 Å². The fourth-order valence-electron chi connectivity index (χ4n) is 1.39. The van der Waals surface area contributed by atoms with E-state index >= 15 is 0 Å². The summed E-state index contributed by atoms with van der Waals surface area (Å²) in [6.07, 6.45) is 1.87. The first kappa shape index (κ1) is 8.64. The molecule has 0 aliphatic heterocycles. The Morgan fingerprint density at radius 2 is 2.29 bits per heavy atom. The van der Waals surface area contributed by atoms with Gasteiger partial charge in [-0.25, -0.2) is 0 Å². The van der Waals surface area contributed by atoms with Gasteiger partial charge in [0.2, 0.25) is 0 Å². The summed E-state index contributed by atoms with van der Waals surface area (Å²) in [6, 6.07) is 9.62. The number of aryl methyl sites for hydroxylation is 1. The average Bonchev–Trinajstić information content (AvgIpc) is 2.76. The molecule has 0 saturated heterocycles. The van der Waals surface area contributed by atoms with Crippen molar-refractivity contribution < 1.29 is 4.42 Å². The molecule has 0 amide bonds. The largest absolute Gasteiger partial charge is 0.464 e. The molecule has 0 fully saturated rings. The average molecular weight is 186 g/mol. The van der Waals surface area contributed by atoms with Gasteiger partial charge in [-0.2, -0.15) is 5.26 Å². The van der Waals surface area contributed by atoms with Crippen molar-refractivity contribution in [3.8, 4) is 6.07 Å². The fraction of sp³-hybridized carbons (Fsp3) is 0.182. The van der Waals surface area contributed by atoms with Gasteiger partial charge in [-0.15, -0.1) is 0 Å². The van der Waals surface area contributed by atoms with E-state index in [0.717, 1.165) is 11.5 Å². The van der Waals surface area contributed by atoms with E-state index in [1.165, 1.54) is 0 Å². The van der Waals surface area contributed by atoms with Gasteiger partial charge in [0.05, 0.1) is 6.54 Å². The summed E-state index contributed by atoms with van der Waals surface area (Å²) in [7, 11) is 0. The molecule has 0 atom stereocenters. The maximum atomic E-state index is 8.79. The van der Waals surface area contributed by atoms with Crippen LogP contribution in [0.5, 0.6) is 0 Å². The van der Waals surface area contributed by atoms with Crippen LogP contribution in [-0.2, 0) is 6.54 Å². The molecule has 0 bridgehead atoms. The molecule has 0 aliphatic rings. The van der Waals surface area contributed by atoms with Crippen LogP contribution in [0.4, 0.5) is 0 Å². The van der Waals surface area contributed by atoms with Gasteiger partial charge in [-0.3, -0.25) is 0 Å². The second kappa shape index (κ2) is 3.43. The van der Waals surface area contributed by atoms with E-state index < -0.39 is 0 Å². The molecule has 2 heterocycles. The first-order chi connectivity index (χ1) is 6.79. The highest BCUT2D eigenvalue weighted by atomic mass is 16.3. The third-order valence-corrected chi connectivity index (χ3v) is 2.07. The number of nitrogens with zero attached hydrogens (tertiary/aromatic N) is 2. The smallest absolute Gasteiger partial charge is 0.123 e. The lowest BCUT2D eigenvalue weighted by Crippen LogP contribution is -1.98. The van der Waals surface area contributed by atoms with Gasteiger partial charge in [-0.05, 0) is 31.2 Å². The third kappa shape index (κ3) is 1.55. The van der Waals surface area contributed by atoms with Crippen LogP contribution in [-0.4, -0.2) is 4.57 Å². The highest BCUT2D eigenvalue weighted by molar-refractivity contribution is 5.23. The number of furan rings is 1. The molecule has 0 aromatic carbocycles. The summed E-state index contributed by atoms with van der Waals surface area (Å²) < 4.78 is 7.29. The molecule has 3 nitrogen and oxygen atoms in total. The molecule has 0 radical (unpaired) electrons. The SMILES string of the molecule is Cc1ccc(Cn2cccc2C#N)o1. The molecule has 2 rings (SSSR count). The lowest BCUT2D eigenvalue weighted by atomic mass is 10.4. The molecule has 2 aromatic rings. The first-order valence-corrected chi connectivity index (χ1v) is 4.40. The zero-order valence-electron chi connectivity index (χ0n) is 7.90. The zero-order valence-corrected chi connectivity index (χ0v) is 7.90. The monoisotopic (exact) mass is 186 g/mol. The van der Waals surface area contributed by atoms with Crippen molar-refractivity contribution in [2.24, 2.45) is 0 Å². The Morgan fingerprint density at radius 3 is 2.93 bits per heavy atom. The van der Waals surface area contributed by atoms with E-state index in [9.17, 15) is 0 Å². The van der Waals surface area contributed by atoms with Crippen molar-refractivity contribution in [2.75, 3.05) is 0 Å². The van der Waals surface area contributed by atoms with Gasteiger partial charge in [-0.1, -0.05) is 0 Å². The fourth-order valence-corrected chi connectivity index (χ4v) is 1.39. The van der Waals surface area contributed by atoms with Crippen LogP contribution < -0.4 is 0 Å². The third-order valence-electron chi connectivity index (χ3n) is 2.07. The van der Waals surface area contributed by atoms with Crippen LogP contribution in [0.1, 0.15) is 17.2 Å². The van der Waals surface area contributed by atoms with Crippen LogP contribution in [0.15, 0.2) is 34.9 Å². The normalized spacial score (nSPS) is 10.0. The van der Waals surface area contributed by atoms with Crippen LogP contribution in [0.3, 0.4) is 0 Å². The van der Waals surface area contributed by atoms with Crippen LogP contribution in [0.2, 0.25) is 0 Å². The summed E-state index contributed by atoms with van der Waals surface area (Å²) in [5, 5.41) is 8.79. The van der Waals surface area contributed by atoms with Gasteiger partial charge >= 0.3 is 0 Å². The van der Waals surface area contributed by atoms with Crippen molar-refractivity contribution in [1.82, 2.24) is 4.57 Å². The Balaban J connectivity index is 2.23. The van der Waals surface area contributed by atoms with Gasteiger partial charge in [0.1, 0.15) is 23.3 Å². The summed E-state index contributed by atoms with van der Waals surface area (Å²) >= 11 is 0. The lowest BCUT2D eigenvalue weighted by Gasteiger charge is -2.00. The van der Waals surface area contributed by atoms with Gasteiger partial charge in [0.15, 0.2) is 0 Å². The molecule has 0 saturated carbocycles. The highest BCUT2D eigenvalue weighted by Crippen LogP contribution is 2.10. The van der Waals surface area contributed by atoms with Gasteiger partial charge < -0.3 is 8.98 Å². The lowest BCUT2D eigenvalue weighted by molar-refractivity contribution is 0.469. The zero-order chi connectivity index (χ0) is 9.97. The van der Waals surface area contributed by atoms with E-state index in [2.05, 4.69) is 6.07 Å². The van der Waals surface area contributed by atoms with Crippen LogP contribution >= 0.6 is 0 Å². The van der Waals surface area contributed by atoms with E-state index in [4.69, 9.17) is 9.68 Å². The second-order valence-corrected chi connectivity index (χ2v) is 3.15. The maximum Gasteiger partial charge on any atom is 0.123 e. The van der Waals surface area contributed by atoms with Crippen molar-refractivity contribution in [3.63, 3.8) is 0 Å². The molecule has 0 spiro atoms. The van der Waals surface area contributed by atoms with Crippen LogP contribution in [0.25, 0.3) is 0 Å². The molecule has 2 aromatic heterocycles. The molecule has 0 unspecified atom stereocenters. The predicted octanol–water partition coefficient (Wildman–Crippen LogP) is 2.31. The van der Waals surface area contributed by atoms with Crippen LogP contribution in [0, 0.1) is 18.3 Å². The number of rotatable bonds is 2. The Morgan fingerprint density at radius 1 is 1.43 bits per heavy atom. The molecular weight excluding hydrogens is 176 g/mol. The minimum atomic E-state index is 0.615. The minimum absolute atomic E-state index is 0.615. The standard InChI is InChI=1S/C11H10N2O/c1-9-4-5-11(14-9)8-13-6-2-3-10(13)7-12/h2-6H,8H2,1H3. The maximum absolute atomic E-state index is 8.79. The Hall–Kier alpha value is -1.95. The first-order valence-electron chi connectivity index (χ1n) is 4.40. The molecule has 3 heteroatoms.